The topological polar surface area (TPSA) is 76.4 Å². The number of hydrazine groups is 1. The molecule has 0 aliphatic heterocycles. The number of hydrogen-bond donors (Lipinski definition) is 3. The lowest BCUT2D eigenvalue weighted by Gasteiger charge is -2.26. The van der Waals surface area contributed by atoms with E-state index in [4.69, 9.17) is 10.6 Å². The van der Waals surface area contributed by atoms with Gasteiger partial charge in [0, 0.05) is 12.0 Å². The van der Waals surface area contributed by atoms with E-state index in [1.165, 1.54) is 6.07 Å². The van der Waals surface area contributed by atoms with Crippen LogP contribution in [0.2, 0.25) is 0 Å². The second kappa shape index (κ2) is 6.38. The van der Waals surface area contributed by atoms with E-state index in [0.29, 0.717) is 13.2 Å². The lowest BCUT2D eigenvalue weighted by molar-refractivity contribution is 0.238. The average molecular weight is 269 g/mol. The molecule has 6 heteroatoms. The minimum atomic E-state index is -0.473. The number of hydrogen-bond acceptors (Lipinski definition) is 3. The summed E-state index contributed by atoms with van der Waals surface area (Å²) in [6, 6.07) is 4.33. The Hall–Kier alpha value is -1.82. The molecule has 0 radical (unpaired) electrons. The van der Waals surface area contributed by atoms with Gasteiger partial charge in [0.15, 0.2) is 11.6 Å². The van der Waals surface area contributed by atoms with Crippen LogP contribution >= 0.6 is 0 Å². The Balaban J connectivity index is 2.83. The largest absolute Gasteiger partial charge is 0.491 e. The van der Waals surface area contributed by atoms with Crippen molar-refractivity contribution in [3.63, 3.8) is 0 Å². The SMILES string of the molecule is CCOc1ccc(C(C)(C)CNC(=O)NN)cc1F. The Bertz CT molecular complexity index is 450. The first-order valence-corrected chi connectivity index (χ1v) is 6.08. The van der Waals surface area contributed by atoms with Crippen LogP contribution in [0.1, 0.15) is 26.3 Å². The number of amides is 2. The zero-order valence-corrected chi connectivity index (χ0v) is 11.4. The van der Waals surface area contributed by atoms with Gasteiger partial charge in [-0.05, 0) is 24.6 Å². The first kappa shape index (κ1) is 15.2. The predicted octanol–water partition coefficient (Wildman–Crippen LogP) is 1.67. The van der Waals surface area contributed by atoms with Gasteiger partial charge in [0.25, 0.3) is 0 Å². The van der Waals surface area contributed by atoms with Crippen LogP contribution in [0.5, 0.6) is 5.75 Å². The van der Waals surface area contributed by atoms with Crippen LogP contribution in [-0.2, 0) is 5.41 Å². The van der Waals surface area contributed by atoms with E-state index in [1.807, 2.05) is 19.3 Å². The first-order chi connectivity index (χ1) is 8.90. The highest BCUT2D eigenvalue weighted by atomic mass is 19.1. The number of rotatable bonds is 5. The van der Waals surface area contributed by atoms with Crippen LogP contribution in [-0.4, -0.2) is 19.2 Å². The summed E-state index contributed by atoms with van der Waals surface area (Å²) < 4.78 is 18.9. The van der Waals surface area contributed by atoms with E-state index < -0.39 is 17.3 Å². The summed E-state index contributed by atoms with van der Waals surface area (Å²) >= 11 is 0. The molecule has 4 N–H and O–H groups in total. The molecule has 5 nitrogen and oxygen atoms in total. The monoisotopic (exact) mass is 269 g/mol. The quantitative estimate of drug-likeness (QED) is 0.432. The molecular formula is C13H20FN3O2. The van der Waals surface area contributed by atoms with Crippen molar-refractivity contribution < 1.29 is 13.9 Å². The predicted molar refractivity (Wildman–Crippen MR) is 71.3 cm³/mol. The highest BCUT2D eigenvalue weighted by molar-refractivity contribution is 5.73. The van der Waals surface area contributed by atoms with Crippen molar-refractivity contribution in [1.82, 2.24) is 10.7 Å². The van der Waals surface area contributed by atoms with Crippen molar-refractivity contribution >= 4 is 6.03 Å². The van der Waals surface area contributed by atoms with Gasteiger partial charge in [0.05, 0.1) is 6.61 Å². The van der Waals surface area contributed by atoms with Crippen molar-refractivity contribution in [2.45, 2.75) is 26.2 Å². The third-order valence-electron chi connectivity index (χ3n) is 2.84. The maximum atomic E-state index is 13.8. The number of urea groups is 1. The Labute approximate surface area is 112 Å². The fourth-order valence-corrected chi connectivity index (χ4v) is 1.65. The van der Waals surface area contributed by atoms with Crippen LogP contribution in [0.4, 0.5) is 9.18 Å². The summed E-state index contributed by atoms with van der Waals surface area (Å²) in [5, 5.41) is 2.60. The van der Waals surface area contributed by atoms with E-state index in [2.05, 4.69) is 5.32 Å². The third-order valence-corrected chi connectivity index (χ3v) is 2.84. The second-order valence-corrected chi connectivity index (χ2v) is 4.79. The molecule has 0 unspecified atom stereocenters. The maximum absolute atomic E-state index is 13.8. The molecule has 0 saturated carbocycles. The summed E-state index contributed by atoms with van der Waals surface area (Å²) in [4.78, 5) is 11.1. The lowest BCUT2D eigenvalue weighted by Crippen LogP contribution is -2.44. The summed E-state index contributed by atoms with van der Waals surface area (Å²) in [5.74, 6) is 4.80. The van der Waals surface area contributed by atoms with Gasteiger partial charge >= 0.3 is 6.03 Å². The molecule has 0 aliphatic carbocycles. The molecule has 0 fully saturated rings. The molecule has 0 heterocycles. The van der Waals surface area contributed by atoms with E-state index in [1.54, 1.807) is 19.1 Å². The lowest BCUT2D eigenvalue weighted by atomic mass is 9.84. The minimum Gasteiger partial charge on any atom is -0.491 e. The number of nitrogens with one attached hydrogen (secondary N) is 2. The Morgan fingerprint density at radius 1 is 1.47 bits per heavy atom. The maximum Gasteiger partial charge on any atom is 0.328 e. The Morgan fingerprint density at radius 3 is 2.68 bits per heavy atom. The van der Waals surface area contributed by atoms with Crippen LogP contribution in [0.25, 0.3) is 0 Å². The molecule has 0 saturated heterocycles. The van der Waals surface area contributed by atoms with Crippen LogP contribution in [0, 0.1) is 5.82 Å². The molecular weight excluding hydrogens is 249 g/mol. The fourth-order valence-electron chi connectivity index (χ4n) is 1.65. The molecule has 1 aromatic rings. The Kier molecular flexibility index (Phi) is 5.11. The zero-order chi connectivity index (χ0) is 14.5. The summed E-state index contributed by atoms with van der Waals surface area (Å²) in [5.41, 5.74) is 2.33. The zero-order valence-electron chi connectivity index (χ0n) is 11.4. The molecule has 19 heavy (non-hydrogen) atoms. The Morgan fingerprint density at radius 2 is 2.16 bits per heavy atom. The van der Waals surface area contributed by atoms with Crippen LogP contribution < -0.4 is 21.3 Å². The summed E-state index contributed by atoms with van der Waals surface area (Å²) in [6.07, 6.45) is 0. The number of ether oxygens (including phenoxy) is 1. The standard InChI is InChI=1S/C13H20FN3O2/c1-4-19-11-6-5-9(7-10(11)14)13(2,3)8-16-12(18)17-15/h5-7H,4,8,15H2,1-3H3,(H2,16,17,18). The van der Waals surface area contributed by atoms with Gasteiger partial charge < -0.3 is 10.1 Å². The van der Waals surface area contributed by atoms with Gasteiger partial charge in [0.2, 0.25) is 0 Å². The number of halogens is 1. The van der Waals surface area contributed by atoms with Crippen molar-refractivity contribution in [3.8, 4) is 5.75 Å². The van der Waals surface area contributed by atoms with Crippen molar-refractivity contribution in [3.05, 3.63) is 29.6 Å². The van der Waals surface area contributed by atoms with E-state index in [0.717, 1.165) is 5.56 Å². The first-order valence-electron chi connectivity index (χ1n) is 6.08. The van der Waals surface area contributed by atoms with Gasteiger partial charge in [-0.15, -0.1) is 0 Å². The average Bonchev–Trinajstić information content (AvgIpc) is 2.38. The molecule has 0 aliphatic rings. The number of nitrogens with two attached hydrogens (primary N) is 1. The number of benzene rings is 1. The summed E-state index contributed by atoms with van der Waals surface area (Å²) in [6.45, 7) is 6.35. The molecule has 106 valence electrons. The van der Waals surface area contributed by atoms with E-state index in [9.17, 15) is 9.18 Å². The van der Waals surface area contributed by atoms with Gasteiger partial charge in [0.1, 0.15) is 0 Å². The van der Waals surface area contributed by atoms with Gasteiger partial charge in [-0.1, -0.05) is 19.9 Å². The van der Waals surface area contributed by atoms with Gasteiger partial charge in [-0.2, -0.15) is 0 Å². The smallest absolute Gasteiger partial charge is 0.328 e. The molecule has 0 bridgehead atoms. The molecule has 0 atom stereocenters. The minimum absolute atomic E-state index is 0.231. The van der Waals surface area contributed by atoms with Crippen molar-refractivity contribution in [2.75, 3.05) is 13.2 Å². The fraction of sp³-hybridized carbons (Fsp3) is 0.462. The normalized spacial score (nSPS) is 11.0. The number of carbonyl (C=O) groups is 1. The molecule has 1 aromatic carbocycles. The van der Waals surface area contributed by atoms with Crippen LogP contribution in [0.3, 0.4) is 0 Å². The van der Waals surface area contributed by atoms with Crippen LogP contribution in [0.15, 0.2) is 18.2 Å². The third kappa shape index (κ3) is 4.10. The van der Waals surface area contributed by atoms with E-state index >= 15 is 0 Å². The summed E-state index contributed by atoms with van der Waals surface area (Å²) in [7, 11) is 0. The van der Waals surface area contributed by atoms with Gasteiger partial charge in [-0.3, -0.25) is 5.43 Å². The molecule has 2 amide bonds. The highest BCUT2D eigenvalue weighted by Gasteiger charge is 2.22. The molecule has 0 aromatic heterocycles. The van der Waals surface area contributed by atoms with Crippen molar-refractivity contribution in [2.24, 2.45) is 5.84 Å². The molecule has 0 spiro atoms. The van der Waals surface area contributed by atoms with E-state index in [-0.39, 0.29) is 5.75 Å². The molecule has 1 rings (SSSR count). The second-order valence-electron chi connectivity index (χ2n) is 4.79. The van der Waals surface area contributed by atoms with Crippen molar-refractivity contribution in [1.29, 1.82) is 0 Å². The van der Waals surface area contributed by atoms with Gasteiger partial charge in [-0.25, -0.2) is 15.0 Å². The number of carbonyl (C=O) groups excluding carboxylic acids is 1. The highest BCUT2D eigenvalue weighted by Crippen LogP contribution is 2.27.